The Hall–Kier alpha value is -0.610. The Labute approximate surface area is 91.0 Å². The number of ether oxygens (including phenoxy) is 1. The van der Waals surface area contributed by atoms with E-state index in [-0.39, 0.29) is 0 Å². The van der Waals surface area contributed by atoms with Crippen molar-refractivity contribution in [3.63, 3.8) is 0 Å². The summed E-state index contributed by atoms with van der Waals surface area (Å²) in [5, 5.41) is 12.3. The van der Waals surface area contributed by atoms with Crippen LogP contribution in [0.1, 0.15) is 39.5 Å². The third-order valence-corrected chi connectivity index (χ3v) is 2.67. The lowest BCUT2D eigenvalue weighted by Crippen LogP contribution is -2.51. The molecule has 0 spiro atoms. The van der Waals surface area contributed by atoms with Crippen molar-refractivity contribution < 1.29 is 14.6 Å². The molecule has 88 valence electrons. The molecule has 4 nitrogen and oxygen atoms in total. The summed E-state index contributed by atoms with van der Waals surface area (Å²) in [5.74, 6) is -0.783. The number of hydrogen-bond acceptors (Lipinski definition) is 3. The second-order valence-corrected chi connectivity index (χ2v) is 4.42. The first-order valence-electron chi connectivity index (χ1n) is 5.67. The van der Waals surface area contributed by atoms with Crippen LogP contribution in [0, 0.1) is 0 Å². The van der Waals surface area contributed by atoms with E-state index in [4.69, 9.17) is 9.84 Å². The third-order valence-electron chi connectivity index (χ3n) is 2.67. The van der Waals surface area contributed by atoms with Crippen LogP contribution in [0.4, 0.5) is 0 Å². The average Bonchev–Trinajstić information content (AvgIpc) is 2.96. The minimum Gasteiger partial charge on any atom is -0.480 e. The predicted octanol–water partition coefficient (Wildman–Crippen LogP) is 1.40. The molecule has 0 amide bonds. The van der Waals surface area contributed by atoms with Crippen molar-refractivity contribution in [3.8, 4) is 0 Å². The molecule has 1 atom stereocenters. The van der Waals surface area contributed by atoms with Gasteiger partial charge in [-0.2, -0.15) is 0 Å². The van der Waals surface area contributed by atoms with Crippen LogP contribution < -0.4 is 5.32 Å². The van der Waals surface area contributed by atoms with Crippen LogP contribution in [0.25, 0.3) is 0 Å². The minimum atomic E-state index is -0.824. The topological polar surface area (TPSA) is 58.6 Å². The van der Waals surface area contributed by atoms with E-state index in [1.807, 2.05) is 6.92 Å². The summed E-state index contributed by atoms with van der Waals surface area (Å²) in [6.45, 7) is 5.00. The molecule has 0 radical (unpaired) electrons. The van der Waals surface area contributed by atoms with Gasteiger partial charge in [-0.05, 0) is 32.6 Å². The van der Waals surface area contributed by atoms with Gasteiger partial charge in [-0.15, -0.1) is 0 Å². The molecule has 1 aliphatic rings. The van der Waals surface area contributed by atoms with Crippen LogP contribution in [0.15, 0.2) is 0 Å². The first-order chi connectivity index (χ1) is 7.08. The van der Waals surface area contributed by atoms with E-state index in [0.717, 1.165) is 19.3 Å². The summed E-state index contributed by atoms with van der Waals surface area (Å²) in [4.78, 5) is 11.1. The number of rotatable bonds is 8. The van der Waals surface area contributed by atoms with Crippen molar-refractivity contribution in [1.29, 1.82) is 0 Å². The van der Waals surface area contributed by atoms with Gasteiger partial charge in [-0.25, -0.2) is 0 Å². The maximum atomic E-state index is 11.1. The summed E-state index contributed by atoms with van der Waals surface area (Å²) in [6, 6.07) is 0.400. The molecule has 0 aromatic heterocycles. The van der Waals surface area contributed by atoms with Gasteiger partial charge in [0.25, 0.3) is 0 Å². The Bertz CT molecular complexity index is 216. The molecule has 0 heterocycles. The Morgan fingerprint density at radius 1 is 1.53 bits per heavy atom. The fourth-order valence-electron chi connectivity index (χ4n) is 1.44. The van der Waals surface area contributed by atoms with E-state index in [2.05, 4.69) is 5.32 Å². The van der Waals surface area contributed by atoms with Gasteiger partial charge >= 0.3 is 5.97 Å². The quantitative estimate of drug-likeness (QED) is 0.601. The molecule has 15 heavy (non-hydrogen) atoms. The molecule has 1 saturated carbocycles. The molecule has 0 bridgehead atoms. The Morgan fingerprint density at radius 2 is 2.20 bits per heavy atom. The molecule has 2 N–H and O–H groups in total. The van der Waals surface area contributed by atoms with Gasteiger partial charge in [0, 0.05) is 19.3 Å². The maximum absolute atomic E-state index is 11.1. The molecular formula is C11H21NO3. The highest BCUT2D eigenvalue weighted by Gasteiger charge is 2.38. The van der Waals surface area contributed by atoms with Crippen molar-refractivity contribution in [2.45, 2.75) is 51.1 Å². The lowest BCUT2D eigenvalue weighted by molar-refractivity contribution is -0.145. The van der Waals surface area contributed by atoms with Gasteiger partial charge in [0.15, 0.2) is 0 Å². The molecule has 1 unspecified atom stereocenters. The maximum Gasteiger partial charge on any atom is 0.323 e. The molecule has 0 aromatic carbocycles. The van der Waals surface area contributed by atoms with Crippen molar-refractivity contribution >= 4 is 5.97 Å². The van der Waals surface area contributed by atoms with Crippen LogP contribution in [-0.2, 0) is 9.53 Å². The Balaban J connectivity index is 2.31. The van der Waals surface area contributed by atoms with Crippen molar-refractivity contribution in [1.82, 2.24) is 5.32 Å². The fourth-order valence-corrected chi connectivity index (χ4v) is 1.44. The second kappa shape index (κ2) is 5.47. The van der Waals surface area contributed by atoms with E-state index in [1.165, 1.54) is 0 Å². The van der Waals surface area contributed by atoms with Crippen LogP contribution in [-0.4, -0.2) is 35.9 Å². The van der Waals surface area contributed by atoms with E-state index in [9.17, 15) is 4.79 Å². The normalized spacial score (nSPS) is 19.9. The lowest BCUT2D eigenvalue weighted by atomic mass is 9.98. The SMILES string of the molecule is CCCOCCC(C)(NC1CC1)C(=O)O. The minimum absolute atomic E-state index is 0.400. The average molecular weight is 215 g/mol. The van der Waals surface area contributed by atoms with Crippen molar-refractivity contribution in [2.75, 3.05) is 13.2 Å². The highest BCUT2D eigenvalue weighted by molar-refractivity contribution is 5.78. The van der Waals surface area contributed by atoms with Gasteiger partial charge in [0.05, 0.1) is 0 Å². The summed E-state index contributed by atoms with van der Waals surface area (Å²) >= 11 is 0. The van der Waals surface area contributed by atoms with E-state index >= 15 is 0 Å². The van der Waals surface area contributed by atoms with E-state index in [1.54, 1.807) is 6.92 Å². The molecule has 0 aromatic rings. The van der Waals surface area contributed by atoms with Crippen molar-refractivity contribution in [2.24, 2.45) is 0 Å². The zero-order valence-corrected chi connectivity index (χ0v) is 9.58. The number of carbonyl (C=O) groups is 1. The van der Waals surface area contributed by atoms with E-state index in [0.29, 0.717) is 25.7 Å². The van der Waals surface area contributed by atoms with Gasteiger partial charge in [0.1, 0.15) is 5.54 Å². The Morgan fingerprint density at radius 3 is 2.67 bits per heavy atom. The largest absolute Gasteiger partial charge is 0.480 e. The van der Waals surface area contributed by atoms with Crippen LogP contribution >= 0.6 is 0 Å². The van der Waals surface area contributed by atoms with Crippen LogP contribution in [0.5, 0.6) is 0 Å². The summed E-state index contributed by atoms with van der Waals surface area (Å²) in [6.07, 6.45) is 3.69. The second-order valence-electron chi connectivity index (χ2n) is 4.42. The smallest absolute Gasteiger partial charge is 0.323 e. The number of carboxylic acids is 1. The van der Waals surface area contributed by atoms with E-state index < -0.39 is 11.5 Å². The molecule has 1 fully saturated rings. The fraction of sp³-hybridized carbons (Fsp3) is 0.909. The highest BCUT2D eigenvalue weighted by Crippen LogP contribution is 2.24. The first kappa shape index (κ1) is 12.5. The zero-order valence-electron chi connectivity index (χ0n) is 9.58. The molecule has 0 aliphatic heterocycles. The summed E-state index contributed by atoms with van der Waals surface area (Å²) in [7, 11) is 0. The first-order valence-corrected chi connectivity index (χ1v) is 5.67. The highest BCUT2D eigenvalue weighted by atomic mass is 16.5. The number of carboxylic acid groups (broad SMARTS) is 1. The summed E-state index contributed by atoms with van der Waals surface area (Å²) in [5.41, 5.74) is -0.824. The molecule has 1 rings (SSSR count). The summed E-state index contributed by atoms with van der Waals surface area (Å²) < 4.78 is 5.33. The van der Waals surface area contributed by atoms with Crippen molar-refractivity contribution in [3.05, 3.63) is 0 Å². The van der Waals surface area contributed by atoms with Crippen LogP contribution in [0.2, 0.25) is 0 Å². The molecule has 1 aliphatic carbocycles. The standard InChI is InChI=1S/C11H21NO3/c1-3-7-15-8-6-11(2,10(13)14)12-9-4-5-9/h9,12H,3-8H2,1-2H3,(H,13,14). The number of aliphatic carboxylic acids is 1. The molecule has 0 saturated heterocycles. The zero-order chi connectivity index (χ0) is 11.3. The number of nitrogens with one attached hydrogen (secondary N) is 1. The van der Waals surface area contributed by atoms with Crippen LogP contribution in [0.3, 0.4) is 0 Å². The van der Waals surface area contributed by atoms with Gasteiger partial charge < -0.3 is 9.84 Å². The Kier molecular flexibility index (Phi) is 4.54. The lowest BCUT2D eigenvalue weighted by Gasteiger charge is -2.26. The van der Waals surface area contributed by atoms with Gasteiger partial charge in [-0.1, -0.05) is 6.92 Å². The molecule has 4 heteroatoms. The van der Waals surface area contributed by atoms with Gasteiger partial charge in [0.2, 0.25) is 0 Å². The number of hydrogen-bond donors (Lipinski definition) is 2. The third kappa shape index (κ3) is 4.18. The van der Waals surface area contributed by atoms with Gasteiger partial charge in [-0.3, -0.25) is 10.1 Å². The monoisotopic (exact) mass is 215 g/mol. The molecular weight excluding hydrogens is 194 g/mol. The predicted molar refractivity (Wildman–Crippen MR) is 57.9 cm³/mol.